The third-order valence-corrected chi connectivity index (χ3v) is 4.25. The van der Waals surface area contributed by atoms with Crippen LogP contribution in [0.25, 0.3) is 0 Å². The molecule has 0 saturated carbocycles. The predicted molar refractivity (Wildman–Crippen MR) is 114 cm³/mol. The molecule has 0 spiro atoms. The average molecular weight is 461 g/mol. The van der Waals surface area contributed by atoms with E-state index in [0.29, 0.717) is 5.92 Å². The Kier molecular flexibility index (Phi) is 10.9. The van der Waals surface area contributed by atoms with E-state index in [2.05, 4.69) is 41.3 Å². The Labute approximate surface area is 169 Å². The second kappa shape index (κ2) is 12.4. The maximum Gasteiger partial charge on any atom is 0.193 e. The van der Waals surface area contributed by atoms with Crippen LogP contribution in [-0.2, 0) is 11.3 Å². The number of unbranched alkanes of at least 4 members (excludes halogenated alkanes) is 1. The number of rotatable bonds is 8. The lowest BCUT2D eigenvalue weighted by Crippen LogP contribution is -2.41. The third-order valence-electron chi connectivity index (χ3n) is 4.25. The van der Waals surface area contributed by atoms with Crippen molar-refractivity contribution in [3.05, 3.63) is 29.8 Å². The SMILES string of the molecule is CCCCOc1cccc(CNC(=NC)N(C)CC2CCOC2)c1.I. The van der Waals surface area contributed by atoms with Gasteiger partial charge in [-0.3, -0.25) is 4.99 Å². The zero-order valence-electron chi connectivity index (χ0n) is 15.7. The topological polar surface area (TPSA) is 46.1 Å². The van der Waals surface area contributed by atoms with Crippen LogP contribution < -0.4 is 10.1 Å². The van der Waals surface area contributed by atoms with Gasteiger partial charge in [-0.05, 0) is 30.5 Å². The molecule has 2 rings (SSSR count). The summed E-state index contributed by atoms with van der Waals surface area (Å²) >= 11 is 0. The van der Waals surface area contributed by atoms with E-state index in [9.17, 15) is 0 Å². The smallest absolute Gasteiger partial charge is 0.193 e. The van der Waals surface area contributed by atoms with Crippen LogP contribution >= 0.6 is 24.0 Å². The van der Waals surface area contributed by atoms with Crippen LogP contribution in [0.5, 0.6) is 5.75 Å². The molecule has 0 bridgehead atoms. The molecule has 1 saturated heterocycles. The Hall–Kier alpha value is -1.02. The Morgan fingerprint density at radius 1 is 1.44 bits per heavy atom. The number of ether oxygens (including phenoxy) is 2. The predicted octanol–water partition coefficient (Wildman–Crippen LogP) is 3.53. The first-order valence-electron chi connectivity index (χ1n) is 8.94. The molecule has 1 aliphatic rings. The molecule has 1 atom stereocenters. The summed E-state index contributed by atoms with van der Waals surface area (Å²) in [6, 6.07) is 8.26. The molecule has 0 aromatic heterocycles. The average Bonchev–Trinajstić information content (AvgIpc) is 3.09. The third kappa shape index (κ3) is 7.81. The molecule has 1 aliphatic heterocycles. The highest BCUT2D eigenvalue weighted by Crippen LogP contribution is 2.15. The molecular weight excluding hydrogens is 429 g/mol. The number of benzene rings is 1. The summed E-state index contributed by atoms with van der Waals surface area (Å²) in [5.41, 5.74) is 1.20. The number of hydrogen-bond acceptors (Lipinski definition) is 3. The maximum atomic E-state index is 5.77. The van der Waals surface area contributed by atoms with Crippen LogP contribution in [0.4, 0.5) is 0 Å². The summed E-state index contributed by atoms with van der Waals surface area (Å²) in [6.45, 7) is 6.40. The van der Waals surface area contributed by atoms with Crippen LogP contribution in [-0.4, -0.2) is 51.3 Å². The summed E-state index contributed by atoms with van der Waals surface area (Å²) in [7, 11) is 3.91. The minimum Gasteiger partial charge on any atom is -0.494 e. The molecule has 6 heteroatoms. The van der Waals surface area contributed by atoms with Crippen molar-refractivity contribution in [2.75, 3.05) is 40.5 Å². The highest BCUT2D eigenvalue weighted by atomic mass is 127. The lowest BCUT2D eigenvalue weighted by Gasteiger charge is -2.24. The van der Waals surface area contributed by atoms with E-state index in [1.165, 1.54) is 5.56 Å². The van der Waals surface area contributed by atoms with Gasteiger partial charge in [-0.1, -0.05) is 25.5 Å². The molecule has 0 amide bonds. The number of hydrogen-bond donors (Lipinski definition) is 1. The van der Waals surface area contributed by atoms with E-state index in [0.717, 1.165) is 63.9 Å². The van der Waals surface area contributed by atoms with Gasteiger partial charge in [0.15, 0.2) is 5.96 Å². The summed E-state index contributed by atoms with van der Waals surface area (Å²) in [5, 5.41) is 3.43. The molecular formula is C19H32IN3O2. The number of nitrogens with zero attached hydrogens (tertiary/aromatic N) is 2. The largest absolute Gasteiger partial charge is 0.494 e. The Morgan fingerprint density at radius 2 is 2.28 bits per heavy atom. The molecule has 142 valence electrons. The minimum absolute atomic E-state index is 0. The van der Waals surface area contributed by atoms with E-state index >= 15 is 0 Å². The monoisotopic (exact) mass is 461 g/mol. The van der Waals surface area contributed by atoms with Crippen LogP contribution in [0.2, 0.25) is 0 Å². The standard InChI is InChI=1S/C19H31N3O2.HI/c1-4-5-10-24-18-8-6-7-16(12-18)13-21-19(20-2)22(3)14-17-9-11-23-15-17;/h6-8,12,17H,4-5,9-11,13-15H2,1-3H3,(H,20,21);1H. The second-order valence-electron chi connectivity index (χ2n) is 6.36. The van der Waals surface area contributed by atoms with Crippen molar-refractivity contribution in [3.8, 4) is 5.75 Å². The van der Waals surface area contributed by atoms with Crippen molar-refractivity contribution in [1.82, 2.24) is 10.2 Å². The van der Waals surface area contributed by atoms with Crippen molar-refractivity contribution < 1.29 is 9.47 Å². The van der Waals surface area contributed by atoms with Gasteiger partial charge in [-0.2, -0.15) is 0 Å². The van der Waals surface area contributed by atoms with Gasteiger partial charge in [0.05, 0.1) is 13.2 Å². The Balaban J connectivity index is 0.00000312. The van der Waals surface area contributed by atoms with Gasteiger partial charge in [0.1, 0.15) is 5.75 Å². The van der Waals surface area contributed by atoms with Gasteiger partial charge in [-0.25, -0.2) is 0 Å². The van der Waals surface area contributed by atoms with Gasteiger partial charge in [0, 0.05) is 39.7 Å². The summed E-state index contributed by atoms with van der Waals surface area (Å²) in [4.78, 5) is 6.57. The lowest BCUT2D eigenvalue weighted by molar-refractivity contribution is 0.181. The van der Waals surface area contributed by atoms with E-state index in [1.807, 2.05) is 19.2 Å². The maximum absolute atomic E-state index is 5.77. The van der Waals surface area contributed by atoms with Crippen molar-refractivity contribution in [2.45, 2.75) is 32.7 Å². The zero-order valence-corrected chi connectivity index (χ0v) is 18.0. The van der Waals surface area contributed by atoms with Gasteiger partial charge >= 0.3 is 0 Å². The molecule has 5 nitrogen and oxygen atoms in total. The van der Waals surface area contributed by atoms with Crippen LogP contribution in [0.3, 0.4) is 0 Å². The Morgan fingerprint density at radius 3 is 2.96 bits per heavy atom. The molecule has 1 aromatic rings. The van der Waals surface area contributed by atoms with E-state index in [4.69, 9.17) is 9.47 Å². The normalized spacial score (nSPS) is 17.1. The first-order valence-corrected chi connectivity index (χ1v) is 8.94. The number of nitrogens with one attached hydrogen (secondary N) is 1. The number of halogens is 1. The van der Waals surface area contributed by atoms with E-state index in [-0.39, 0.29) is 24.0 Å². The fraction of sp³-hybridized carbons (Fsp3) is 0.632. The fourth-order valence-electron chi connectivity index (χ4n) is 2.85. The van der Waals surface area contributed by atoms with Gasteiger partial charge < -0.3 is 19.7 Å². The second-order valence-corrected chi connectivity index (χ2v) is 6.36. The molecule has 0 aliphatic carbocycles. The van der Waals surface area contributed by atoms with Crippen molar-refractivity contribution in [3.63, 3.8) is 0 Å². The first kappa shape index (κ1) is 22.0. The molecule has 1 aromatic carbocycles. The number of aliphatic imine (C=N–C) groups is 1. The summed E-state index contributed by atoms with van der Waals surface area (Å²) in [6.07, 6.45) is 3.37. The molecule has 1 N–H and O–H groups in total. The van der Waals surface area contributed by atoms with E-state index in [1.54, 1.807) is 0 Å². The minimum atomic E-state index is 0. The van der Waals surface area contributed by atoms with Crippen LogP contribution in [0.1, 0.15) is 31.7 Å². The van der Waals surface area contributed by atoms with Crippen molar-refractivity contribution in [1.29, 1.82) is 0 Å². The summed E-state index contributed by atoms with van der Waals surface area (Å²) < 4.78 is 11.2. The van der Waals surface area contributed by atoms with Crippen molar-refractivity contribution in [2.24, 2.45) is 10.9 Å². The lowest BCUT2D eigenvalue weighted by atomic mass is 10.1. The first-order chi connectivity index (χ1) is 11.7. The van der Waals surface area contributed by atoms with Crippen molar-refractivity contribution >= 4 is 29.9 Å². The molecule has 25 heavy (non-hydrogen) atoms. The number of guanidine groups is 1. The molecule has 1 fully saturated rings. The zero-order chi connectivity index (χ0) is 17.2. The highest BCUT2D eigenvalue weighted by molar-refractivity contribution is 14.0. The highest BCUT2D eigenvalue weighted by Gasteiger charge is 2.18. The molecule has 1 unspecified atom stereocenters. The summed E-state index contributed by atoms with van der Waals surface area (Å²) in [5.74, 6) is 2.46. The fourth-order valence-corrected chi connectivity index (χ4v) is 2.85. The molecule has 1 heterocycles. The Bertz CT molecular complexity index is 519. The van der Waals surface area contributed by atoms with Gasteiger partial charge in [0.25, 0.3) is 0 Å². The molecule has 0 radical (unpaired) electrons. The van der Waals surface area contributed by atoms with Crippen LogP contribution in [0.15, 0.2) is 29.3 Å². The van der Waals surface area contributed by atoms with E-state index < -0.39 is 0 Å². The van der Waals surface area contributed by atoms with Gasteiger partial charge in [0.2, 0.25) is 0 Å². The van der Waals surface area contributed by atoms with Crippen LogP contribution in [0, 0.1) is 5.92 Å². The van der Waals surface area contributed by atoms with Gasteiger partial charge in [-0.15, -0.1) is 24.0 Å². The quantitative estimate of drug-likeness (QED) is 0.279.